The summed E-state index contributed by atoms with van der Waals surface area (Å²) in [6, 6.07) is 12.5. The normalized spacial score (nSPS) is 18.9. The maximum absolute atomic E-state index is 12.2. The van der Waals surface area contributed by atoms with Crippen LogP contribution in [0.1, 0.15) is 5.56 Å². The molecular weight excluding hydrogens is 310 g/mol. The number of benzene rings is 2. The van der Waals surface area contributed by atoms with Gasteiger partial charge in [0.25, 0.3) is 5.91 Å². The van der Waals surface area contributed by atoms with Gasteiger partial charge in [0, 0.05) is 6.42 Å². The van der Waals surface area contributed by atoms with Crippen molar-refractivity contribution < 1.29 is 24.2 Å². The van der Waals surface area contributed by atoms with Gasteiger partial charge in [0.2, 0.25) is 0 Å². The van der Waals surface area contributed by atoms with Crippen molar-refractivity contribution in [3.05, 3.63) is 48.0 Å². The molecule has 0 radical (unpaired) electrons. The van der Waals surface area contributed by atoms with Crippen LogP contribution in [0, 0.1) is 0 Å². The van der Waals surface area contributed by atoms with Crippen LogP contribution in [-0.2, 0) is 25.5 Å². The highest BCUT2D eigenvalue weighted by molar-refractivity contribution is 5.89. The van der Waals surface area contributed by atoms with Gasteiger partial charge in [-0.2, -0.15) is 0 Å². The molecule has 2 N–H and O–H groups in total. The third-order valence-corrected chi connectivity index (χ3v) is 4.03. The number of nitrogens with one attached hydrogen (secondary N) is 1. The molecule has 0 unspecified atom stereocenters. The smallest absolute Gasteiger partial charge is 0.326 e. The van der Waals surface area contributed by atoms with Crippen LogP contribution in [0.15, 0.2) is 42.5 Å². The quantitative estimate of drug-likeness (QED) is 0.865. The van der Waals surface area contributed by atoms with Crippen LogP contribution < -0.4 is 5.32 Å². The first-order valence-electron chi connectivity index (χ1n) is 7.84. The minimum atomic E-state index is -1.08. The molecule has 126 valence electrons. The van der Waals surface area contributed by atoms with Crippen molar-refractivity contribution in [3.63, 3.8) is 0 Å². The second kappa shape index (κ2) is 7.42. The van der Waals surface area contributed by atoms with E-state index < -0.39 is 24.0 Å². The zero-order valence-corrected chi connectivity index (χ0v) is 13.1. The van der Waals surface area contributed by atoms with Crippen molar-refractivity contribution in [1.29, 1.82) is 0 Å². The van der Waals surface area contributed by atoms with Crippen LogP contribution in [0.4, 0.5) is 0 Å². The Bertz CT molecular complexity index is 734. The SMILES string of the molecule is O=C(O)[C@H](Cc1cccc2ccccc12)NC(=O)[C@@H]1COCCO1. The zero-order valence-electron chi connectivity index (χ0n) is 13.1. The number of carbonyl (C=O) groups excluding carboxylic acids is 1. The molecule has 1 heterocycles. The van der Waals surface area contributed by atoms with Crippen LogP contribution in [0.2, 0.25) is 0 Å². The molecule has 0 bridgehead atoms. The maximum atomic E-state index is 12.2. The molecule has 2 atom stereocenters. The molecule has 3 rings (SSSR count). The van der Waals surface area contributed by atoms with E-state index in [1.807, 2.05) is 42.5 Å². The first-order chi connectivity index (χ1) is 11.6. The molecule has 1 aliphatic heterocycles. The van der Waals surface area contributed by atoms with Crippen LogP contribution in [0.25, 0.3) is 10.8 Å². The second-order valence-electron chi connectivity index (χ2n) is 5.68. The van der Waals surface area contributed by atoms with Crippen molar-refractivity contribution in [3.8, 4) is 0 Å². The molecule has 0 aromatic heterocycles. The number of carbonyl (C=O) groups is 2. The van der Waals surface area contributed by atoms with Gasteiger partial charge in [-0.1, -0.05) is 42.5 Å². The summed E-state index contributed by atoms with van der Waals surface area (Å²) in [5, 5.41) is 14.0. The van der Waals surface area contributed by atoms with E-state index in [1.165, 1.54) is 0 Å². The molecule has 1 saturated heterocycles. The molecule has 2 aromatic rings. The van der Waals surface area contributed by atoms with Crippen molar-refractivity contribution >= 4 is 22.6 Å². The highest BCUT2D eigenvalue weighted by Crippen LogP contribution is 2.20. The Morgan fingerprint density at radius 3 is 2.71 bits per heavy atom. The molecule has 0 aliphatic carbocycles. The predicted octanol–water partition coefficient (Wildman–Crippen LogP) is 1.37. The lowest BCUT2D eigenvalue weighted by atomic mass is 9.98. The third-order valence-electron chi connectivity index (χ3n) is 4.03. The van der Waals surface area contributed by atoms with Gasteiger partial charge in [-0.15, -0.1) is 0 Å². The van der Waals surface area contributed by atoms with Gasteiger partial charge in [0.15, 0.2) is 6.10 Å². The van der Waals surface area contributed by atoms with Crippen molar-refractivity contribution in [2.75, 3.05) is 19.8 Å². The van der Waals surface area contributed by atoms with E-state index in [0.717, 1.165) is 16.3 Å². The summed E-state index contributed by atoms with van der Waals surface area (Å²) in [7, 11) is 0. The molecule has 1 amide bonds. The number of aliphatic carboxylic acids is 1. The fourth-order valence-corrected chi connectivity index (χ4v) is 2.79. The van der Waals surface area contributed by atoms with Gasteiger partial charge in [0.05, 0.1) is 19.8 Å². The Morgan fingerprint density at radius 1 is 1.17 bits per heavy atom. The molecule has 0 saturated carbocycles. The largest absolute Gasteiger partial charge is 0.480 e. The number of amides is 1. The minimum absolute atomic E-state index is 0.145. The number of carboxylic acids is 1. The number of hydrogen-bond donors (Lipinski definition) is 2. The van der Waals surface area contributed by atoms with E-state index in [9.17, 15) is 14.7 Å². The fraction of sp³-hybridized carbons (Fsp3) is 0.333. The molecule has 2 aromatic carbocycles. The number of carboxylic acid groups (broad SMARTS) is 1. The van der Waals surface area contributed by atoms with Crippen LogP contribution in [0.3, 0.4) is 0 Å². The van der Waals surface area contributed by atoms with Gasteiger partial charge >= 0.3 is 5.97 Å². The zero-order chi connectivity index (χ0) is 16.9. The first kappa shape index (κ1) is 16.4. The monoisotopic (exact) mass is 329 g/mol. The molecule has 24 heavy (non-hydrogen) atoms. The van der Waals surface area contributed by atoms with E-state index in [-0.39, 0.29) is 13.0 Å². The molecule has 1 aliphatic rings. The number of fused-ring (bicyclic) bond motifs is 1. The maximum Gasteiger partial charge on any atom is 0.326 e. The second-order valence-corrected chi connectivity index (χ2v) is 5.68. The Morgan fingerprint density at radius 2 is 1.96 bits per heavy atom. The average molecular weight is 329 g/mol. The lowest BCUT2D eigenvalue weighted by molar-refractivity contribution is -0.152. The number of rotatable bonds is 5. The highest BCUT2D eigenvalue weighted by Gasteiger charge is 2.28. The Kier molecular flexibility index (Phi) is 5.08. The Labute approximate surface area is 139 Å². The fourth-order valence-electron chi connectivity index (χ4n) is 2.79. The highest BCUT2D eigenvalue weighted by atomic mass is 16.6. The molecule has 6 nitrogen and oxygen atoms in total. The van der Waals surface area contributed by atoms with Crippen LogP contribution >= 0.6 is 0 Å². The van der Waals surface area contributed by atoms with E-state index in [1.54, 1.807) is 0 Å². The molecule has 1 fully saturated rings. The summed E-state index contributed by atoms with van der Waals surface area (Å²) < 4.78 is 10.5. The number of hydrogen-bond acceptors (Lipinski definition) is 4. The van der Waals surface area contributed by atoms with Crippen molar-refractivity contribution in [2.45, 2.75) is 18.6 Å². The van der Waals surface area contributed by atoms with E-state index in [4.69, 9.17) is 9.47 Å². The first-order valence-corrected chi connectivity index (χ1v) is 7.84. The van der Waals surface area contributed by atoms with Crippen molar-refractivity contribution in [1.82, 2.24) is 5.32 Å². The van der Waals surface area contributed by atoms with Crippen LogP contribution in [-0.4, -0.2) is 48.9 Å². The van der Waals surface area contributed by atoms with Gasteiger partial charge in [-0.25, -0.2) is 4.79 Å². The molecule has 6 heteroatoms. The standard InChI is InChI=1S/C18H19NO5/c20-17(16-11-23-8-9-24-16)19-15(18(21)22)10-13-6-3-5-12-4-1-2-7-14(12)13/h1-7,15-16H,8-11H2,(H,19,20)(H,21,22)/t15-,16-/m0/s1. The van der Waals surface area contributed by atoms with Crippen molar-refractivity contribution in [2.24, 2.45) is 0 Å². The summed E-state index contributed by atoms with van der Waals surface area (Å²) >= 11 is 0. The summed E-state index contributed by atoms with van der Waals surface area (Å²) in [4.78, 5) is 23.8. The molecule has 0 spiro atoms. The minimum Gasteiger partial charge on any atom is -0.480 e. The summed E-state index contributed by atoms with van der Waals surface area (Å²) in [5.74, 6) is -1.53. The van der Waals surface area contributed by atoms with E-state index >= 15 is 0 Å². The van der Waals surface area contributed by atoms with Gasteiger partial charge < -0.3 is 19.9 Å². The Hall–Kier alpha value is -2.44. The summed E-state index contributed by atoms with van der Waals surface area (Å²) in [5.41, 5.74) is 0.876. The topological polar surface area (TPSA) is 84.9 Å². The van der Waals surface area contributed by atoms with Gasteiger partial charge in [-0.3, -0.25) is 4.79 Å². The van der Waals surface area contributed by atoms with Crippen LogP contribution in [0.5, 0.6) is 0 Å². The number of ether oxygens (including phenoxy) is 2. The average Bonchev–Trinajstić information content (AvgIpc) is 2.62. The lowest BCUT2D eigenvalue weighted by Gasteiger charge is -2.24. The Balaban J connectivity index is 1.76. The third kappa shape index (κ3) is 3.72. The predicted molar refractivity (Wildman–Crippen MR) is 87.8 cm³/mol. The summed E-state index contributed by atoms with van der Waals surface area (Å²) in [6.07, 6.45) is -0.552. The van der Waals surface area contributed by atoms with E-state index in [2.05, 4.69) is 5.32 Å². The molecular formula is C18H19NO5. The van der Waals surface area contributed by atoms with Gasteiger partial charge in [0.1, 0.15) is 6.04 Å². The van der Waals surface area contributed by atoms with E-state index in [0.29, 0.717) is 13.2 Å². The summed E-state index contributed by atoms with van der Waals surface area (Å²) in [6.45, 7) is 0.924. The lowest BCUT2D eigenvalue weighted by Crippen LogP contribution is -2.50. The van der Waals surface area contributed by atoms with Gasteiger partial charge in [-0.05, 0) is 16.3 Å².